The van der Waals surface area contributed by atoms with E-state index in [4.69, 9.17) is 4.74 Å². The molecule has 2 N–H and O–H groups in total. The van der Waals surface area contributed by atoms with Gasteiger partial charge in [-0.3, -0.25) is 0 Å². The maximum absolute atomic E-state index is 5.77. The van der Waals surface area contributed by atoms with Crippen molar-refractivity contribution in [1.29, 1.82) is 0 Å². The van der Waals surface area contributed by atoms with Crippen molar-refractivity contribution in [2.45, 2.75) is 6.10 Å². The first-order valence-electron chi connectivity index (χ1n) is 7.23. The van der Waals surface area contributed by atoms with Crippen LogP contribution in [0.2, 0.25) is 0 Å². The summed E-state index contributed by atoms with van der Waals surface area (Å²) in [6, 6.07) is 10.3. The number of fused-ring (bicyclic) bond motifs is 1. The molecule has 1 aliphatic heterocycles. The van der Waals surface area contributed by atoms with E-state index in [0.717, 1.165) is 46.7 Å². The highest BCUT2D eigenvalue weighted by Crippen LogP contribution is 2.24. The number of pyridine rings is 1. The van der Waals surface area contributed by atoms with Crippen LogP contribution in [-0.2, 0) is 4.74 Å². The van der Waals surface area contributed by atoms with Crippen LogP contribution in [0.4, 0.5) is 0 Å². The number of rotatable bonds is 2. The zero-order valence-electron chi connectivity index (χ0n) is 12.3. The predicted molar refractivity (Wildman–Crippen MR) is 95.8 cm³/mol. The summed E-state index contributed by atoms with van der Waals surface area (Å²) < 4.78 is 6.71. The number of nitrogens with zero attached hydrogens (tertiary/aromatic N) is 2. The van der Waals surface area contributed by atoms with Crippen LogP contribution in [0.25, 0.3) is 22.6 Å². The monoisotopic (exact) mass is 394 g/mol. The number of nitrogens with one attached hydrogen (secondary N) is 2. The Kier molecular flexibility index (Phi) is 4.96. The lowest BCUT2D eigenvalue weighted by Gasteiger charge is -2.23. The van der Waals surface area contributed by atoms with E-state index in [1.807, 2.05) is 6.07 Å². The van der Waals surface area contributed by atoms with Crippen LogP contribution in [-0.4, -0.2) is 34.6 Å². The molecule has 0 saturated carbocycles. The Morgan fingerprint density at radius 1 is 1.22 bits per heavy atom. The van der Waals surface area contributed by atoms with E-state index < -0.39 is 0 Å². The number of morpholine rings is 1. The predicted octanol–water partition coefficient (Wildman–Crippen LogP) is 3.47. The van der Waals surface area contributed by atoms with E-state index in [1.165, 1.54) is 5.56 Å². The van der Waals surface area contributed by atoms with Crippen molar-refractivity contribution >= 4 is 39.5 Å². The zero-order valence-corrected chi connectivity index (χ0v) is 14.7. The standard InChI is InChI=1S/C16H15BrN4O.ClH/c17-12-7-13-16(19-8-12)21-15(20-13)11-3-1-10(2-4-11)14-9-18-5-6-22-14;/h1-4,7-8,14,18H,5-6,9H2,(H,19,20,21);1H/t14-;/m1./s1. The van der Waals surface area contributed by atoms with Gasteiger partial charge in [0, 0.05) is 29.3 Å². The lowest BCUT2D eigenvalue weighted by Crippen LogP contribution is -2.33. The molecule has 1 aromatic carbocycles. The second-order valence-electron chi connectivity index (χ2n) is 5.30. The normalized spacial score (nSPS) is 17.9. The van der Waals surface area contributed by atoms with Gasteiger partial charge in [-0.1, -0.05) is 24.3 Å². The number of H-pyrrole nitrogens is 1. The summed E-state index contributed by atoms with van der Waals surface area (Å²) in [6.45, 7) is 2.55. The first-order chi connectivity index (χ1) is 10.8. The van der Waals surface area contributed by atoms with E-state index in [9.17, 15) is 0 Å². The molecule has 5 nitrogen and oxygen atoms in total. The quantitative estimate of drug-likeness (QED) is 0.697. The van der Waals surface area contributed by atoms with Gasteiger partial charge in [-0.15, -0.1) is 12.4 Å². The fourth-order valence-corrected chi connectivity index (χ4v) is 2.98. The summed E-state index contributed by atoms with van der Waals surface area (Å²) >= 11 is 3.42. The third-order valence-corrected chi connectivity index (χ3v) is 4.22. The van der Waals surface area contributed by atoms with Crippen LogP contribution in [0.5, 0.6) is 0 Å². The molecule has 0 unspecified atom stereocenters. The summed E-state index contributed by atoms with van der Waals surface area (Å²) in [6.07, 6.45) is 1.89. The minimum atomic E-state index is 0. The number of aromatic amines is 1. The number of hydrogen-bond acceptors (Lipinski definition) is 4. The van der Waals surface area contributed by atoms with E-state index in [1.54, 1.807) is 6.20 Å². The lowest BCUT2D eigenvalue weighted by atomic mass is 10.1. The average Bonchev–Trinajstić information content (AvgIpc) is 2.99. The SMILES string of the molecule is Brc1cnc2nc(-c3ccc([C@H]4CNCCO4)cc3)[nH]c2c1.Cl. The molecule has 1 atom stereocenters. The van der Waals surface area contributed by atoms with Crippen LogP contribution in [0, 0.1) is 0 Å². The number of hydrogen-bond donors (Lipinski definition) is 2. The lowest BCUT2D eigenvalue weighted by molar-refractivity contribution is 0.0277. The van der Waals surface area contributed by atoms with Gasteiger partial charge in [0.1, 0.15) is 5.82 Å². The summed E-state index contributed by atoms with van der Waals surface area (Å²) in [5.74, 6) is 0.829. The smallest absolute Gasteiger partial charge is 0.178 e. The summed E-state index contributed by atoms with van der Waals surface area (Å²) in [5.41, 5.74) is 3.88. The van der Waals surface area contributed by atoms with Gasteiger partial charge in [0.25, 0.3) is 0 Å². The van der Waals surface area contributed by atoms with Gasteiger partial charge in [-0.25, -0.2) is 9.97 Å². The highest BCUT2D eigenvalue weighted by Gasteiger charge is 2.15. The maximum Gasteiger partial charge on any atom is 0.178 e. The van der Waals surface area contributed by atoms with Gasteiger partial charge in [0.2, 0.25) is 0 Å². The van der Waals surface area contributed by atoms with Crippen LogP contribution < -0.4 is 5.32 Å². The Labute approximate surface area is 148 Å². The van der Waals surface area contributed by atoms with Crippen molar-refractivity contribution in [3.05, 3.63) is 46.6 Å². The Morgan fingerprint density at radius 2 is 2.04 bits per heavy atom. The van der Waals surface area contributed by atoms with Gasteiger partial charge < -0.3 is 15.0 Å². The molecule has 0 bridgehead atoms. The first kappa shape index (κ1) is 16.4. The van der Waals surface area contributed by atoms with Gasteiger partial charge in [0.15, 0.2) is 5.65 Å². The summed E-state index contributed by atoms with van der Waals surface area (Å²) in [7, 11) is 0. The minimum absolute atomic E-state index is 0. The number of aromatic nitrogens is 3. The second-order valence-corrected chi connectivity index (χ2v) is 6.21. The number of ether oxygens (including phenoxy) is 1. The molecule has 23 heavy (non-hydrogen) atoms. The fourth-order valence-electron chi connectivity index (χ4n) is 2.65. The first-order valence-corrected chi connectivity index (χ1v) is 8.03. The summed E-state index contributed by atoms with van der Waals surface area (Å²) in [4.78, 5) is 12.1. The van der Waals surface area contributed by atoms with E-state index in [0.29, 0.717) is 0 Å². The fraction of sp³-hybridized carbons (Fsp3) is 0.250. The Bertz CT molecular complexity index is 799. The second kappa shape index (κ2) is 6.97. The van der Waals surface area contributed by atoms with Crippen molar-refractivity contribution in [3.8, 4) is 11.4 Å². The molecule has 3 aromatic rings. The number of benzene rings is 1. The topological polar surface area (TPSA) is 62.8 Å². The molecule has 1 saturated heterocycles. The number of halogens is 2. The molecule has 1 fully saturated rings. The van der Waals surface area contributed by atoms with Crippen LogP contribution in [0.1, 0.15) is 11.7 Å². The Hall–Kier alpha value is -1.47. The molecule has 1 aliphatic rings. The van der Waals surface area contributed by atoms with Crippen molar-refractivity contribution in [3.63, 3.8) is 0 Å². The molecular formula is C16H16BrClN4O. The molecule has 4 rings (SSSR count). The molecule has 0 spiro atoms. The molecule has 2 aromatic heterocycles. The molecular weight excluding hydrogens is 380 g/mol. The van der Waals surface area contributed by atoms with Gasteiger partial charge in [-0.2, -0.15) is 0 Å². The van der Waals surface area contributed by atoms with Gasteiger partial charge in [-0.05, 0) is 27.6 Å². The van der Waals surface area contributed by atoms with Crippen molar-refractivity contribution in [2.24, 2.45) is 0 Å². The highest BCUT2D eigenvalue weighted by atomic mass is 79.9. The van der Waals surface area contributed by atoms with E-state index >= 15 is 0 Å². The number of imidazole rings is 1. The highest BCUT2D eigenvalue weighted by molar-refractivity contribution is 9.10. The van der Waals surface area contributed by atoms with Crippen LogP contribution >= 0.6 is 28.3 Å². The molecule has 0 amide bonds. The Morgan fingerprint density at radius 3 is 2.78 bits per heavy atom. The molecule has 3 heterocycles. The molecule has 120 valence electrons. The van der Waals surface area contributed by atoms with Crippen LogP contribution in [0.15, 0.2) is 41.0 Å². The minimum Gasteiger partial charge on any atom is -0.371 e. The molecule has 0 aliphatic carbocycles. The third-order valence-electron chi connectivity index (χ3n) is 3.79. The van der Waals surface area contributed by atoms with Crippen molar-refractivity contribution in [1.82, 2.24) is 20.3 Å². The van der Waals surface area contributed by atoms with E-state index in [2.05, 4.69) is 60.5 Å². The zero-order chi connectivity index (χ0) is 14.9. The van der Waals surface area contributed by atoms with Crippen LogP contribution in [0.3, 0.4) is 0 Å². The molecule has 7 heteroatoms. The Balaban J connectivity index is 0.00000156. The van der Waals surface area contributed by atoms with Crippen molar-refractivity contribution < 1.29 is 4.74 Å². The third kappa shape index (κ3) is 3.40. The van der Waals surface area contributed by atoms with Gasteiger partial charge >= 0.3 is 0 Å². The maximum atomic E-state index is 5.77. The molecule has 0 radical (unpaired) electrons. The van der Waals surface area contributed by atoms with Gasteiger partial charge in [0.05, 0.1) is 18.2 Å². The average molecular weight is 396 g/mol. The van der Waals surface area contributed by atoms with Crippen molar-refractivity contribution in [2.75, 3.05) is 19.7 Å². The largest absolute Gasteiger partial charge is 0.371 e. The van der Waals surface area contributed by atoms with E-state index in [-0.39, 0.29) is 18.5 Å². The summed E-state index contributed by atoms with van der Waals surface area (Å²) in [5, 5.41) is 3.35.